The van der Waals surface area contributed by atoms with Gasteiger partial charge in [0.2, 0.25) is 0 Å². The van der Waals surface area contributed by atoms with Crippen molar-refractivity contribution in [3.05, 3.63) is 23.2 Å². The number of allylic oxidation sites excluding steroid dienone is 3. The van der Waals surface area contributed by atoms with Crippen LogP contribution in [0.5, 0.6) is 0 Å². The number of hydrogen-bond acceptors (Lipinski definition) is 4. The molecule has 0 fully saturated rings. The molecule has 4 nitrogen and oxygen atoms in total. The Morgan fingerprint density at radius 1 is 1.21 bits per heavy atom. The SMILES string of the molecule is C=C(Br)CC(C/C=C/C)(C(=O)OCC)C(=O)OCC. The molecular weight excluding hydrogens is 312 g/mol. The van der Waals surface area contributed by atoms with Crippen LogP contribution >= 0.6 is 15.9 Å². The first kappa shape index (κ1) is 17.9. The van der Waals surface area contributed by atoms with Crippen LogP contribution in [0.4, 0.5) is 0 Å². The minimum absolute atomic E-state index is 0.148. The van der Waals surface area contributed by atoms with Crippen molar-refractivity contribution in [2.24, 2.45) is 5.41 Å². The van der Waals surface area contributed by atoms with Crippen LogP contribution in [0.15, 0.2) is 23.2 Å². The first-order valence-corrected chi connectivity index (χ1v) is 7.02. The fourth-order valence-corrected chi connectivity index (χ4v) is 2.13. The van der Waals surface area contributed by atoms with Gasteiger partial charge < -0.3 is 9.47 Å². The van der Waals surface area contributed by atoms with Crippen molar-refractivity contribution < 1.29 is 19.1 Å². The molecule has 0 saturated heterocycles. The molecule has 5 heteroatoms. The highest BCUT2D eigenvalue weighted by atomic mass is 79.9. The van der Waals surface area contributed by atoms with Crippen LogP contribution in [-0.2, 0) is 19.1 Å². The van der Waals surface area contributed by atoms with Gasteiger partial charge in [0, 0.05) is 6.42 Å². The fraction of sp³-hybridized carbons (Fsp3) is 0.571. The minimum atomic E-state index is -1.36. The predicted molar refractivity (Wildman–Crippen MR) is 77.8 cm³/mol. The van der Waals surface area contributed by atoms with Gasteiger partial charge in [0.05, 0.1) is 13.2 Å². The third kappa shape index (κ3) is 5.19. The van der Waals surface area contributed by atoms with E-state index < -0.39 is 17.4 Å². The molecule has 0 rings (SSSR count). The lowest BCUT2D eigenvalue weighted by Gasteiger charge is -2.27. The molecule has 0 aliphatic carbocycles. The molecular formula is C14H21BrO4. The van der Waals surface area contributed by atoms with E-state index in [1.807, 2.05) is 6.92 Å². The van der Waals surface area contributed by atoms with Gasteiger partial charge in [0.25, 0.3) is 0 Å². The van der Waals surface area contributed by atoms with E-state index in [2.05, 4.69) is 22.5 Å². The van der Waals surface area contributed by atoms with E-state index in [0.29, 0.717) is 4.48 Å². The summed E-state index contributed by atoms with van der Waals surface area (Å²) in [5.74, 6) is -1.15. The quantitative estimate of drug-likeness (QED) is 0.388. The van der Waals surface area contributed by atoms with Gasteiger partial charge in [-0.05, 0) is 31.7 Å². The Morgan fingerprint density at radius 2 is 1.68 bits per heavy atom. The van der Waals surface area contributed by atoms with Crippen LogP contribution in [0.25, 0.3) is 0 Å². The van der Waals surface area contributed by atoms with Crippen molar-refractivity contribution in [1.82, 2.24) is 0 Å². The third-order valence-electron chi connectivity index (χ3n) is 2.53. The van der Waals surface area contributed by atoms with Gasteiger partial charge >= 0.3 is 11.9 Å². The van der Waals surface area contributed by atoms with Crippen molar-refractivity contribution >= 4 is 27.9 Å². The lowest BCUT2D eigenvalue weighted by atomic mass is 9.80. The van der Waals surface area contributed by atoms with Crippen molar-refractivity contribution in [1.29, 1.82) is 0 Å². The van der Waals surface area contributed by atoms with Gasteiger partial charge in [0.1, 0.15) is 0 Å². The Balaban J connectivity index is 5.47. The maximum Gasteiger partial charge on any atom is 0.324 e. The Labute approximate surface area is 123 Å². The Kier molecular flexibility index (Phi) is 8.39. The van der Waals surface area contributed by atoms with E-state index in [9.17, 15) is 9.59 Å². The normalized spacial score (nSPS) is 11.4. The van der Waals surface area contributed by atoms with Gasteiger partial charge in [-0.25, -0.2) is 0 Å². The topological polar surface area (TPSA) is 52.6 Å². The molecule has 0 aromatic rings. The highest BCUT2D eigenvalue weighted by molar-refractivity contribution is 9.11. The summed E-state index contributed by atoms with van der Waals surface area (Å²) in [7, 11) is 0. The van der Waals surface area contributed by atoms with E-state index in [1.54, 1.807) is 26.0 Å². The average Bonchev–Trinajstić information content (AvgIpc) is 2.34. The third-order valence-corrected chi connectivity index (χ3v) is 2.81. The van der Waals surface area contributed by atoms with Crippen LogP contribution in [0.1, 0.15) is 33.6 Å². The van der Waals surface area contributed by atoms with E-state index >= 15 is 0 Å². The number of ether oxygens (including phenoxy) is 2. The van der Waals surface area contributed by atoms with Gasteiger partial charge in [-0.2, -0.15) is 0 Å². The summed E-state index contributed by atoms with van der Waals surface area (Å²) in [6.07, 6.45) is 3.91. The summed E-state index contributed by atoms with van der Waals surface area (Å²) in [6.45, 7) is 9.36. The summed E-state index contributed by atoms with van der Waals surface area (Å²) in [4.78, 5) is 24.4. The van der Waals surface area contributed by atoms with Crippen LogP contribution < -0.4 is 0 Å². The van der Waals surface area contributed by atoms with E-state index in [0.717, 1.165) is 0 Å². The lowest BCUT2D eigenvalue weighted by Crippen LogP contribution is -2.42. The molecule has 0 aromatic carbocycles. The zero-order valence-corrected chi connectivity index (χ0v) is 13.3. The van der Waals surface area contributed by atoms with Gasteiger partial charge in [-0.15, -0.1) is 0 Å². The van der Waals surface area contributed by atoms with Gasteiger partial charge in [-0.3, -0.25) is 9.59 Å². The Bertz CT molecular complexity index is 342. The molecule has 0 radical (unpaired) electrons. The van der Waals surface area contributed by atoms with Crippen LogP contribution in [0.2, 0.25) is 0 Å². The van der Waals surface area contributed by atoms with Crippen LogP contribution in [-0.4, -0.2) is 25.2 Å². The zero-order valence-electron chi connectivity index (χ0n) is 11.7. The summed E-state index contributed by atoms with van der Waals surface area (Å²) in [5.41, 5.74) is -1.36. The van der Waals surface area contributed by atoms with Crippen molar-refractivity contribution in [3.63, 3.8) is 0 Å². The molecule has 0 bridgehead atoms. The molecule has 0 amide bonds. The molecule has 0 N–H and O–H groups in total. The van der Waals surface area contributed by atoms with Crippen LogP contribution in [0.3, 0.4) is 0 Å². The largest absolute Gasteiger partial charge is 0.465 e. The number of carbonyl (C=O) groups is 2. The summed E-state index contributed by atoms with van der Waals surface area (Å²) in [5, 5.41) is 0. The average molecular weight is 333 g/mol. The smallest absolute Gasteiger partial charge is 0.324 e. The van der Waals surface area contributed by atoms with E-state index in [-0.39, 0.29) is 26.1 Å². The molecule has 19 heavy (non-hydrogen) atoms. The molecule has 0 spiro atoms. The summed E-state index contributed by atoms with van der Waals surface area (Å²) >= 11 is 3.21. The molecule has 0 unspecified atom stereocenters. The number of esters is 2. The molecule has 0 heterocycles. The fourth-order valence-electron chi connectivity index (χ4n) is 1.65. The second-order valence-electron chi connectivity index (χ2n) is 3.99. The minimum Gasteiger partial charge on any atom is -0.465 e. The number of hydrogen-bond donors (Lipinski definition) is 0. The first-order valence-electron chi connectivity index (χ1n) is 6.23. The summed E-state index contributed by atoms with van der Waals surface area (Å²) < 4.78 is 10.6. The monoisotopic (exact) mass is 332 g/mol. The Hall–Kier alpha value is -1.10. The molecule has 108 valence electrons. The molecule has 0 aliphatic rings. The second-order valence-corrected chi connectivity index (χ2v) is 5.11. The number of halogens is 1. The van der Waals surface area contributed by atoms with Crippen molar-refractivity contribution in [3.8, 4) is 0 Å². The van der Waals surface area contributed by atoms with Crippen LogP contribution in [0, 0.1) is 5.41 Å². The highest BCUT2D eigenvalue weighted by Crippen LogP contribution is 2.35. The lowest BCUT2D eigenvalue weighted by molar-refractivity contribution is -0.171. The molecule has 0 aliphatic heterocycles. The van der Waals surface area contributed by atoms with Crippen molar-refractivity contribution in [2.45, 2.75) is 33.6 Å². The Morgan fingerprint density at radius 3 is 2.00 bits per heavy atom. The predicted octanol–water partition coefficient (Wildman–Crippen LogP) is 3.36. The number of carbonyl (C=O) groups excluding carboxylic acids is 2. The molecule has 0 aromatic heterocycles. The van der Waals surface area contributed by atoms with Gasteiger partial charge in [0.15, 0.2) is 5.41 Å². The number of rotatable bonds is 8. The molecule has 0 atom stereocenters. The highest BCUT2D eigenvalue weighted by Gasteiger charge is 2.48. The maximum absolute atomic E-state index is 12.2. The maximum atomic E-state index is 12.2. The zero-order chi connectivity index (χ0) is 14.9. The first-order chi connectivity index (χ1) is 8.94. The molecule has 0 saturated carbocycles. The van der Waals surface area contributed by atoms with E-state index in [4.69, 9.17) is 9.47 Å². The van der Waals surface area contributed by atoms with E-state index in [1.165, 1.54) is 0 Å². The summed E-state index contributed by atoms with van der Waals surface area (Å²) in [6, 6.07) is 0. The van der Waals surface area contributed by atoms with Crippen molar-refractivity contribution in [2.75, 3.05) is 13.2 Å². The second kappa shape index (κ2) is 8.91. The standard InChI is InChI=1S/C14H21BrO4/c1-5-8-9-14(10-11(4)15,12(16)18-6-2)13(17)19-7-3/h5,8H,4,6-7,9-10H2,1-3H3/b8-5+. The van der Waals surface area contributed by atoms with Gasteiger partial charge in [-0.1, -0.05) is 34.7 Å².